The number of guanidine groups is 1. The van der Waals surface area contributed by atoms with Gasteiger partial charge in [-0.15, -0.1) is 24.0 Å². The number of hydrogen-bond donors (Lipinski definition) is 2. The summed E-state index contributed by atoms with van der Waals surface area (Å²) in [5, 5.41) is 6.70. The lowest BCUT2D eigenvalue weighted by atomic mass is 10.0. The van der Waals surface area contributed by atoms with Gasteiger partial charge in [0.1, 0.15) is 0 Å². The number of rotatable bonds is 11. The van der Waals surface area contributed by atoms with E-state index in [4.69, 9.17) is 4.74 Å². The monoisotopic (exact) mass is 468 g/mol. The van der Waals surface area contributed by atoms with Crippen LogP contribution in [-0.4, -0.2) is 63.8 Å². The Kier molecular flexibility index (Phi) is 16.1. The van der Waals surface area contributed by atoms with Crippen LogP contribution in [0, 0.1) is 11.8 Å². The molecule has 0 amide bonds. The van der Waals surface area contributed by atoms with Gasteiger partial charge in [-0.3, -0.25) is 4.99 Å². The highest BCUT2D eigenvalue weighted by molar-refractivity contribution is 14.0. The van der Waals surface area contributed by atoms with Crippen molar-refractivity contribution in [3.63, 3.8) is 0 Å². The molecular formula is C19H41IN4O. The quantitative estimate of drug-likeness (QED) is 0.211. The molecule has 0 spiro atoms. The first-order valence-electron chi connectivity index (χ1n) is 9.86. The first-order valence-corrected chi connectivity index (χ1v) is 9.86. The van der Waals surface area contributed by atoms with Gasteiger partial charge >= 0.3 is 0 Å². The third-order valence-corrected chi connectivity index (χ3v) is 4.54. The average molecular weight is 468 g/mol. The molecule has 0 aromatic carbocycles. The molecule has 1 saturated heterocycles. The number of piperidine rings is 1. The Morgan fingerprint density at radius 2 is 1.96 bits per heavy atom. The zero-order valence-electron chi connectivity index (χ0n) is 16.9. The van der Waals surface area contributed by atoms with Gasteiger partial charge in [-0.05, 0) is 57.0 Å². The fourth-order valence-electron chi connectivity index (χ4n) is 3.04. The Labute approximate surface area is 172 Å². The zero-order chi connectivity index (χ0) is 17.6. The molecule has 0 bridgehead atoms. The van der Waals surface area contributed by atoms with Crippen molar-refractivity contribution in [2.24, 2.45) is 16.8 Å². The standard InChI is InChI=1S/C19H40N4O.HI/c1-17(2)9-14-24-15-11-22-19(20-4)21-10-5-6-12-23-13-7-8-18(3)16-23;/h17-18H,5-16H2,1-4H3,(H2,20,21,22);1H. The smallest absolute Gasteiger partial charge is 0.191 e. The lowest BCUT2D eigenvalue weighted by molar-refractivity contribution is 0.128. The minimum atomic E-state index is 0. The van der Waals surface area contributed by atoms with E-state index in [2.05, 4.69) is 41.3 Å². The van der Waals surface area contributed by atoms with E-state index < -0.39 is 0 Å². The van der Waals surface area contributed by atoms with E-state index in [9.17, 15) is 0 Å². The first-order chi connectivity index (χ1) is 11.6. The normalized spacial score (nSPS) is 18.9. The summed E-state index contributed by atoms with van der Waals surface area (Å²) in [7, 11) is 1.82. The van der Waals surface area contributed by atoms with Gasteiger partial charge in [0.25, 0.3) is 0 Å². The SMILES string of the molecule is CN=C(NCCCCN1CCCC(C)C1)NCCOCCC(C)C.I. The summed E-state index contributed by atoms with van der Waals surface area (Å²) in [6.45, 7) is 14.0. The number of nitrogens with one attached hydrogen (secondary N) is 2. The Morgan fingerprint density at radius 1 is 1.20 bits per heavy atom. The summed E-state index contributed by atoms with van der Waals surface area (Å²) in [5.41, 5.74) is 0. The minimum absolute atomic E-state index is 0. The molecule has 0 aliphatic carbocycles. The topological polar surface area (TPSA) is 48.9 Å². The summed E-state index contributed by atoms with van der Waals surface area (Å²) >= 11 is 0. The second-order valence-electron chi connectivity index (χ2n) is 7.48. The lowest BCUT2D eigenvalue weighted by Crippen LogP contribution is -2.39. The summed E-state index contributed by atoms with van der Waals surface area (Å²) in [6.07, 6.45) is 6.35. The molecule has 6 heteroatoms. The highest BCUT2D eigenvalue weighted by Crippen LogP contribution is 2.15. The molecule has 1 aliphatic rings. The highest BCUT2D eigenvalue weighted by atomic mass is 127. The van der Waals surface area contributed by atoms with Gasteiger partial charge in [0, 0.05) is 33.3 Å². The molecule has 25 heavy (non-hydrogen) atoms. The molecule has 150 valence electrons. The van der Waals surface area contributed by atoms with Crippen LogP contribution in [0.2, 0.25) is 0 Å². The van der Waals surface area contributed by atoms with Gasteiger partial charge < -0.3 is 20.3 Å². The fourth-order valence-corrected chi connectivity index (χ4v) is 3.04. The first kappa shape index (κ1) is 24.9. The molecular weight excluding hydrogens is 427 g/mol. The number of aliphatic imine (C=N–C) groups is 1. The molecule has 5 nitrogen and oxygen atoms in total. The second kappa shape index (κ2) is 16.1. The van der Waals surface area contributed by atoms with Gasteiger partial charge in [-0.2, -0.15) is 0 Å². The molecule has 0 radical (unpaired) electrons. The molecule has 1 fully saturated rings. The van der Waals surface area contributed by atoms with Gasteiger partial charge in [-0.25, -0.2) is 0 Å². The number of hydrogen-bond acceptors (Lipinski definition) is 3. The maximum atomic E-state index is 5.61. The van der Waals surface area contributed by atoms with Crippen molar-refractivity contribution in [2.75, 3.05) is 53.0 Å². The van der Waals surface area contributed by atoms with Crippen LogP contribution in [0.15, 0.2) is 4.99 Å². The van der Waals surface area contributed by atoms with E-state index in [1.165, 1.54) is 45.3 Å². The number of likely N-dealkylation sites (tertiary alicyclic amines) is 1. The van der Waals surface area contributed by atoms with E-state index in [1.54, 1.807) is 0 Å². The molecule has 0 aromatic rings. The third kappa shape index (κ3) is 13.7. The second-order valence-corrected chi connectivity index (χ2v) is 7.48. The van der Waals surface area contributed by atoms with E-state index in [0.717, 1.165) is 44.6 Å². The summed E-state index contributed by atoms with van der Waals surface area (Å²) in [6, 6.07) is 0. The molecule has 0 aromatic heterocycles. The Bertz CT molecular complexity index is 339. The number of unbranched alkanes of at least 4 members (excludes halogenated alkanes) is 1. The number of halogens is 1. The van der Waals surface area contributed by atoms with Crippen LogP contribution in [0.25, 0.3) is 0 Å². The third-order valence-electron chi connectivity index (χ3n) is 4.54. The van der Waals surface area contributed by atoms with Crippen molar-refractivity contribution >= 4 is 29.9 Å². The Hall–Kier alpha value is -0.0800. The fraction of sp³-hybridized carbons (Fsp3) is 0.947. The van der Waals surface area contributed by atoms with Crippen molar-refractivity contribution < 1.29 is 4.74 Å². The average Bonchev–Trinajstić information content (AvgIpc) is 2.55. The van der Waals surface area contributed by atoms with Gasteiger partial charge in [0.05, 0.1) is 6.61 Å². The van der Waals surface area contributed by atoms with Crippen LogP contribution in [0.5, 0.6) is 0 Å². The maximum Gasteiger partial charge on any atom is 0.191 e. The summed E-state index contributed by atoms with van der Waals surface area (Å²) in [4.78, 5) is 6.88. The molecule has 2 N–H and O–H groups in total. The summed E-state index contributed by atoms with van der Waals surface area (Å²) in [5.74, 6) is 2.47. The van der Waals surface area contributed by atoms with Crippen molar-refractivity contribution in [1.82, 2.24) is 15.5 Å². The van der Waals surface area contributed by atoms with Crippen molar-refractivity contribution in [3.8, 4) is 0 Å². The maximum absolute atomic E-state index is 5.61. The van der Waals surface area contributed by atoms with Crippen molar-refractivity contribution in [3.05, 3.63) is 0 Å². The van der Waals surface area contributed by atoms with E-state index in [1.807, 2.05) is 7.05 Å². The number of nitrogens with zero attached hydrogens (tertiary/aromatic N) is 2. The predicted molar refractivity (Wildman–Crippen MR) is 119 cm³/mol. The zero-order valence-corrected chi connectivity index (χ0v) is 19.2. The van der Waals surface area contributed by atoms with Crippen molar-refractivity contribution in [1.29, 1.82) is 0 Å². The Morgan fingerprint density at radius 3 is 2.64 bits per heavy atom. The van der Waals surface area contributed by atoms with Crippen LogP contribution in [0.4, 0.5) is 0 Å². The van der Waals surface area contributed by atoms with Crippen LogP contribution < -0.4 is 10.6 Å². The van der Waals surface area contributed by atoms with Gasteiger partial charge in [0.2, 0.25) is 0 Å². The van der Waals surface area contributed by atoms with Crippen molar-refractivity contribution in [2.45, 2.75) is 52.9 Å². The predicted octanol–water partition coefficient (Wildman–Crippen LogP) is 3.34. The van der Waals surface area contributed by atoms with Crippen LogP contribution >= 0.6 is 24.0 Å². The van der Waals surface area contributed by atoms with E-state index in [0.29, 0.717) is 5.92 Å². The summed E-state index contributed by atoms with van der Waals surface area (Å²) < 4.78 is 5.61. The minimum Gasteiger partial charge on any atom is -0.380 e. The molecule has 1 heterocycles. The van der Waals surface area contributed by atoms with E-state index in [-0.39, 0.29) is 24.0 Å². The van der Waals surface area contributed by atoms with Crippen LogP contribution in [0.3, 0.4) is 0 Å². The van der Waals surface area contributed by atoms with Gasteiger partial charge in [-0.1, -0.05) is 20.8 Å². The molecule has 1 unspecified atom stereocenters. The molecule has 0 saturated carbocycles. The number of ether oxygens (including phenoxy) is 1. The Balaban J connectivity index is 0.00000576. The highest BCUT2D eigenvalue weighted by Gasteiger charge is 2.15. The van der Waals surface area contributed by atoms with Crippen LogP contribution in [0.1, 0.15) is 52.9 Å². The van der Waals surface area contributed by atoms with Crippen LogP contribution in [-0.2, 0) is 4.74 Å². The largest absolute Gasteiger partial charge is 0.380 e. The van der Waals surface area contributed by atoms with Gasteiger partial charge in [0.15, 0.2) is 5.96 Å². The molecule has 1 rings (SSSR count). The lowest BCUT2D eigenvalue weighted by Gasteiger charge is -2.30. The molecule has 1 atom stereocenters. The van der Waals surface area contributed by atoms with E-state index >= 15 is 0 Å². The molecule has 1 aliphatic heterocycles.